The van der Waals surface area contributed by atoms with E-state index in [4.69, 9.17) is 11.6 Å². The molecule has 24 heavy (non-hydrogen) atoms. The number of nitrogens with one attached hydrogen (secondary N) is 1. The van der Waals surface area contributed by atoms with E-state index in [1.165, 1.54) is 17.4 Å². The summed E-state index contributed by atoms with van der Waals surface area (Å²) in [5.74, 6) is -0.446. The van der Waals surface area contributed by atoms with Crippen LogP contribution in [0.5, 0.6) is 0 Å². The molecule has 0 saturated heterocycles. The quantitative estimate of drug-likeness (QED) is 0.591. The highest BCUT2D eigenvalue weighted by molar-refractivity contribution is 7.20. The van der Waals surface area contributed by atoms with Gasteiger partial charge in [-0.15, -0.1) is 5.10 Å². The summed E-state index contributed by atoms with van der Waals surface area (Å²) in [7, 11) is 0. The van der Waals surface area contributed by atoms with Gasteiger partial charge in [0.15, 0.2) is 0 Å². The van der Waals surface area contributed by atoms with Gasteiger partial charge in [-0.1, -0.05) is 29.0 Å². The largest absolute Gasteiger partial charge is 0.356 e. The Hall–Kier alpha value is -2.51. The molecule has 4 aromatic rings. The van der Waals surface area contributed by atoms with Crippen LogP contribution in [0, 0.1) is 5.82 Å². The summed E-state index contributed by atoms with van der Waals surface area (Å²) in [4.78, 5) is 9.18. The molecular weight excluding hydrogens is 349 g/mol. The Morgan fingerprint density at radius 1 is 1.25 bits per heavy atom. The van der Waals surface area contributed by atoms with E-state index in [0.717, 1.165) is 26.9 Å². The second-order valence-electron chi connectivity index (χ2n) is 5.09. The molecule has 0 spiro atoms. The number of imidazole rings is 1. The lowest BCUT2D eigenvalue weighted by atomic mass is 10.2. The molecule has 1 N–H and O–H groups in total. The van der Waals surface area contributed by atoms with E-state index in [-0.39, 0.29) is 5.02 Å². The second kappa shape index (κ2) is 6.18. The van der Waals surface area contributed by atoms with Crippen molar-refractivity contribution in [1.29, 1.82) is 0 Å². The van der Waals surface area contributed by atoms with Crippen molar-refractivity contribution in [3.8, 4) is 11.3 Å². The standard InChI is InChI=1S/C16H11ClFN5S/c17-12-6-11(3-4-13(12)18)14-9-21-16-23(14)22-15(24-16)20-8-10-2-1-5-19-7-10/h1-7,9H,8H2,(H,20,22). The number of fused-ring (bicyclic) bond motifs is 1. The van der Waals surface area contributed by atoms with Crippen molar-refractivity contribution in [3.05, 3.63) is 65.3 Å². The van der Waals surface area contributed by atoms with Crippen molar-refractivity contribution in [2.45, 2.75) is 6.54 Å². The minimum absolute atomic E-state index is 0.0765. The van der Waals surface area contributed by atoms with Gasteiger partial charge in [-0.05, 0) is 29.8 Å². The Labute approximate surface area is 145 Å². The third-order valence-corrected chi connectivity index (χ3v) is 4.64. The third-order valence-electron chi connectivity index (χ3n) is 3.47. The number of benzene rings is 1. The van der Waals surface area contributed by atoms with Crippen LogP contribution in [-0.4, -0.2) is 19.6 Å². The van der Waals surface area contributed by atoms with E-state index in [2.05, 4.69) is 20.4 Å². The molecule has 4 rings (SSSR count). The molecule has 0 aliphatic rings. The minimum Gasteiger partial charge on any atom is -0.356 e. The number of pyridine rings is 1. The molecule has 8 heteroatoms. The van der Waals surface area contributed by atoms with Gasteiger partial charge in [0, 0.05) is 24.5 Å². The monoisotopic (exact) mass is 359 g/mol. The predicted octanol–water partition coefficient (Wildman–Crippen LogP) is 4.26. The van der Waals surface area contributed by atoms with Crippen molar-refractivity contribution in [2.24, 2.45) is 0 Å². The van der Waals surface area contributed by atoms with E-state index in [1.807, 2.05) is 12.1 Å². The van der Waals surface area contributed by atoms with Crippen LogP contribution in [-0.2, 0) is 6.54 Å². The Kier molecular flexibility index (Phi) is 3.87. The van der Waals surface area contributed by atoms with Crippen LogP contribution >= 0.6 is 22.9 Å². The maximum Gasteiger partial charge on any atom is 0.214 e. The maximum atomic E-state index is 13.3. The Balaban J connectivity index is 1.62. The van der Waals surface area contributed by atoms with Crippen LogP contribution in [0.2, 0.25) is 5.02 Å². The molecule has 0 unspecified atom stereocenters. The molecule has 0 aliphatic carbocycles. The smallest absolute Gasteiger partial charge is 0.214 e. The molecule has 0 amide bonds. The molecule has 5 nitrogen and oxygen atoms in total. The SMILES string of the molecule is Fc1ccc(-c2cnc3sc(NCc4cccnc4)nn23)cc1Cl. The molecule has 0 radical (unpaired) electrons. The van der Waals surface area contributed by atoms with Gasteiger partial charge in [-0.3, -0.25) is 4.98 Å². The average molecular weight is 360 g/mol. The van der Waals surface area contributed by atoms with E-state index in [0.29, 0.717) is 6.54 Å². The Morgan fingerprint density at radius 2 is 2.17 bits per heavy atom. The molecule has 3 aromatic heterocycles. The normalized spacial score (nSPS) is 11.1. The van der Waals surface area contributed by atoms with Gasteiger partial charge < -0.3 is 5.32 Å². The molecule has 0 bridgehead atoms. The first-order chi connectivity index (χ1) is 11.7. The van der Waals surface area contributed by atoms with Crippen LogP contribution in [0.1, 0.15) is 5.56 Å². The lowest BCUT2D eigenvalue weighted by Crippen LogP contribution is -2.00. The molecule has 0 atom stereocenters. The van der Waals surface area contributed by atoms with Crippen molar-refractivity contribution in [2.75, 3.05) is 5.32 Å². The van der Waals surface area contributed by atoms with Crippen molar-refractivity contribution >= 4 is 33.0 Å². The molecule has 1 aromatic carbocycles. The fourth-order valence-electron chi connectivity index (χ4n) is 2.30. The number of anilines is 1. The van der Waals surface area contributed by atoms with Gasteiger partial charge in [0.25, 0.3) is 0 Å². The van der Waals surface area contributed by atoms with E-state index in [1.54, 1.807) is 35.2 Å². The van der Waals surface area contributed by atoms with Crippen LogP contribution in [0.25, 0.3) is 16.2 Å². The molecule has 120 valence electrons. The Bertz CT molecular complexity index is 998. The third kappa shape index (κ3) is 2.83. The maximum absolute atomic E-state index is 13.3. The zero-order valence-corrected chi connectivity index (χ0v) is 13.9. The lowest BCUT2D eigenvalue weighted by Gasteiger charge is -2.02. The van der Waals surface area contributed by atoms with Crippen LogP contribution in [0.4, 0.5) is 9.52 Å². The summed E-state index contributed by atoms with van der Waals surface area (Å²) >= 11 is 7.31. The van der Waals surface area contributed by atoms with Gasteiger partial charge in [-0.2, -0.15) is 0 Å². The molecule has 0 saturated carbocycles. The first kappa shape index (κ1) is 15.0. The van der Waals surface area contributed by atoms with Gasteiger partial charge in [0.05, 0.1) is 16.9 Å². The van der Waals surface area contributed by atoms with Gasteiger partial charge >= 0.3 is 0 Å². The van der Waals surface area contributed by atoms with Crippen LogP contribution < -0.4 is 5.32 Å². The van der Waals surface area contributed by atoms with Gasteiger partial charge in [-0.25, -0.2) is 13.9 Å². The lowest BCUT2D eigenvalue weighted by molar-refractivity contribution is 0.628. The minimum atomic E-state index is -0.446. The van der Waals surface area contributed by atoms with E-state index in [9.17, 15) is 4.39 Å². The zero-order chi connectivity index (χ0) is 16.5. The summed E-state index contributed by atoms with van der Waals surface area (Å²) < 4.78 is 15.1. The highest BCUT2D eigenvalue weighted by Gasteiger charge is 2.13. The summed E-state index contributed by atoms with van der Waals surface area (Å²) in [5, 5.41) is 8.60. The number of hydrogen-bond acceptors (Lipinski definition) is 5. The molecule has 3 heterocycles. The second-order valence-corrected chi connectivity index (χ2v) is 6.45. The fraction of sp³-hybridized carbons (Fsp3) is 0.0625. The summed E-state index contributed by atoms with van der Waals surface area (Å²) in [6.07, 6.45) is 5.24. The average Bonchev–Trinajstić information content (AvgIpc) is 3.17. The van der Waals surface area contributed by atoms with Crippen LogP contribution in [0.3, 0.4) is 0 Å². The first-order valence-corrected chi connectivity index (χ1v) is 8.33. The Morgan fingerprint density at radius 3 is 2.96 bits per heavy atom. The highest BCUT2D eigenvalue weighted by atomic mass is 35.5. The zero-order valence-electron chi connectivity index (χ0n) is 12.3. The summed E-state index contributed by atoms with van der Waals surface area (Å²) in [6, 6.07) is 8.45. The molecule has 0 aliphatic heterocycles. The number of rotatable bonds is 4. The summed E-state index contributed by atoms with van der Waals surface area (Å²) in [5.41, 5.74) is 2.59. The highest BCUT2D eigenvalue weighted by Crippen LogP contribution is 2.28. The summed E-state index contributed by atoms with van der Waals surface area (Å²) in [6.45, 7) is 0.627. The van der Waals surface area contributed by atoms with Crippen molar-refractivity contribution in [1.82, 2.24) is 19.6 Å². The predicted molar refractivity (Wildman–Crippen MR) is 92.8 cm³/mol. The molecular formula is C16H11ClFN5S. The number of halogens is 2. The first-order valence-electron chi connectivity index (χ1n) is 7.13. The van der Waals surface area contributed by atoms with Crippen molar-refractivity contribution < 1.29 is 4.39 Å². The molecule has 0 fully saturated rings. The number of aromatic nitrogens is 4. The van der Waals surface area contributed by atoms with Crippen molar-refractivity contribution in [3.63, 3.8) is 0 Å². The van der Waals surface area contributed by atoms with Gasteiger partial charge in [0.1, 0.15) is 5.82 Å². The van der Waals surface area contributed by atoms with Crippen LogP contribution in [0.15, 0.2) is 48.9 Å². The number of nitrogens with zero attached hydrogens (tertiary/aromatic N) is 4. The van der Waals surface area contributed by atoms with E-state index >= 15 is 0 Å². The number of hydrogen-bond donors (Lipinski definition) is 1. The van der Waals surface area contributed by atoms with E-state index < -0.39 is 5.82 Å². The topological polar surface area (TPSA) is 55.1 Å². The van der Waals surface area contributed by atoms with Gasteiger partial charge in [0.2, 0.25) is 10.1 Å². The fourth-order valence-corrected chi connectivity index (χ4v) is 3.25.